The number of hydrogen-bond donors (Lipinski definition) is 2. The fraction of sp³-hybridized carbons (Fsp3) is 0.562. The second kappa shape index (κ2) is 7.90. The summed E-state index contributed by atoms with van der Waals surface area (Å²) in [6, 6.07) is 3.89. The molecule has 1 aromatic rings. The lowest BCUT2D eigenvalue weighted by Crippen LogP contribution is -2.43. The Labute approximate surface area is 135 Å². The van der Waals surface area contributed by atoms with Gasteiger partial charge in [-0.05, 0) is 36.5 Å². The minimum atomic E-state index is -0.532. The van der Waals surface area contributed by atoms with Gasteiger partial charge in [0.25, 0.3) is 0 Å². The van der Waals surface area contributed by atoms with Crippen LogP contribution in [0.5, 0.6) is 0 Å². The molecule has 2 rings (SSSR count). The number of carbonyl (C=O) groups is 1. The van der Waals surface area contributed by atoms with Gasteiger partial charge in [0.2, 0.25) is 5.91 Å². The number of likely N-dealkylation sites (tertiary alicyclic amines) is 1. The van der Waals surface area contributed by atoms with Crippen molar-refractivity contribution in [2.75, 3.05) is 26.2 Å². The highest BCUT2D eigenvalue weighted by Gasteiger charge is 2.21. The van der Waals surface area contributed by atoms with Crippen LogP contribution in [0.2, 0.25) is 5.02 Å². The quantitative estimate of drug-likeness (QED) is 0.872. The fourth-order valence-corrected chi connectivity index (χ4v) is 2.71. The van der Waals surface area contributed by atoms with Gasteiger partial charge in [-0.15, -0.1) is 0 Å². The standard InChI is InChI=1S/C16H22ClFN2O2/c1-11-4-6-20(7-5-11)16(22)9-19-15(10-21)12-2-3-13(17)14(18)8-12/h2-3,8,11,15,19,21H,4-7,9-10H2,1H3/t15-/m1/s1. The predicted molar refractivity (Wildman–Crippen MR) is 84.2 cm³/mol. The number of carbonyl (C=O) groups excluding carboxylic acids is 1. The summed E-state index contributed by atoms with van der Waals surface area (Å²) in [5.74, 6) is 0.148. The lowest BCUT2D eigenvalue weighted by molar-refractivity contribution is -0.131. The summed E-state index contributed by atoms with van der Waals surface area (Å²) in [5, 5.41) is 12.5. The molecule has 6 heteroatoms. The van der Waals surface area contributed by atoms with Crippen LogP contribution in [0.3, 0.4) is 0 Å². The molecular weight excluding hydrogens is 307 g/mol. The van der Waals surface area contributed by atoms with Gasteiger partial charge in [-0.3, -0.25) is 10.1 Å². The zero-order chi connectivity index (χ0) is 16.1. The average Bonchev–Trinajstić information content (AvgIpc) is 2.51. The van der Waals surface area contributed by atoms with Crippen molar-refractivity contribution in [3.05, 3.63) is 34.6 Å². The van der Waals surface area contributed by atoms with Crippen LogP contribution in [0.1, 0.15) is 31.4 Å². The van der Waals surface area contributed by atoms with E-state index in [2.05, 4.69) is 12.2 Å². The van der Waals surface area contributed by atoms with Gasteiger partial charge in [0.1, 0.15) is 5.82 Å². The van der Waals surface area contributed by atoms with Crippen LogP contribution in [-0.2, 0) is 4.79 Å². The Morgan fingerprint density at radius 1 is 1.50 bits per heavy atom. The monoisotopic (exact) mass is 328 g/mol. The molecule has 1 aliphatic heterocycles. The van der Waals surface area contributed by atoms with Crippen LogP contribution >= 0.6 is 11.6 Å². The predicted octanol–water partition coefficient (Wildman–Crippen LogP) is 2.36. The van der Waals surface area contributed by atoms with Crippen molar-refractivity contribution < 1.29 is 14.3 Å². The topological polar surface area (TPSA) is 52.6 Å². The third kappa shape index (κ3) is 4.41. The molecule has 0 bridgehead atoms. The van der Waals surface area contributed by atoms with Crippen LogP contribution in [0, 0.1) is 11.7 Å². The van der Waals surface area contributed by atoms with Crippen LogP contribution in [0.25, 0.3) is 0 Å². The molecule has 0 aromatic heterocycles. The van der Waals surface area contributed by atoms with Crippen molar-refractivity contribution in [2.24, 2.45) is 5.92 Å². The van der Waals surface area contributed by atoms with Crippen LogP contribution in [-0.4, -0.2) is 42.2 Å². The van der Waals surface area contributed by atoms with Crippen molar-refractivity contribution in [1.82, 2.24) is 10.2 Å². The first-order chi connectivity index (χ1) is 10.5. The van der Waals surface area contributed by atoms with Gasteiger partial charge in [0.05, 0.1) is 24.2 Å². The summed E-state index contributed by atoms with van der Waals surface area (Å²) >= 11 is 5.65. The number of nitrogens with zero attached hydrogens (tertiary/aromatic N) is 1. The minimum absolute atomic E-state index is 0.0137. The van der Waals surface area contributed by atoms with Crippen molar-refractivity contribution in [2.45, 2.75) is 25.8 Å². The smallest absolute Gasteiger partial charge is 0.236 e. The third-order valence-electron chi connectivity index (χ3n) is 4.16. The highest BCUT2D eigenvalue weighted by atomic mass is 35.5. The van der Waals surface area contributed by atoms with E-state index in [0.29, 0.717) is 11.5 Å². The zero-order valence-corrected chi connectivity index (χ0v) is 13.4. The maximum absolute atomic E-state index is 13.5. The van der Waals surface area contributed by atoms with E-state index in [0.717, 1.165) is 25.9 Å². The van der Waals surface area contributed by atoms with Crippen molar-refractivity contribution in [3.63, 3.8) is 0 Å². The Morgan fingerprint density at radius 3 is 2.77 bits per heavy atom. The lowest BCUT2D eigenvalue weighted by atomic mass is 9.99. The molecule has 1 heterocycles. The summed E-state index contributed by atoms with van der Waals surface area (Å²) < 4.78 is 13.5. The van der Waals surface area contributed by atoms with Gasteiger partial charge in [0.15, 0.2) is 0 Å². The highest BCUT2D eigenvalue weighted by Crippen LogP contribution is 2.20. The molecule has 1 saturated heterocycles. The molecule has 1 aliphatic rings. The molecule has 0 radical (unpaired) electrons. The van der Waals surface area contributed by atoms with E-state index in [1.807, 2.05) is 4.90 Å². The highest BCUT2D eigenvalue weighted by molar-refractivity contribution is 6.30. The summed E-state index contributed by atoms with van der Waals surface area (Å²) in [6.07, 6.45) is 2.05. The van der Waals surface area contributed by atoms with Gasteiger partial charge in [0, 0.05) is 13.1 Å². The van der Waals surface area contributed by atoms with Crippen molar-refractivity contribution >= 4 is 17.5 Å². The number of halogens is 2. The first kappa shape index (κ1) is 17.2. The van der Waals surface area contributed by atoms with Gasteiger partial charge in [-0.2, -0.15) is 0 Å². The van der Waals surface area contributed by atoms with E-state index >= 15 is 0 Å². The molecule has 4 nitrogen and oxygen atoms in total. The number of amides is 1. The van der Waals surface area contributed by atoms with Crippen molar-refractivity contribution in [3.8, 4) is 0 Å². The number of aliphatic hydroxyl groups is 1. The maximum atomic E-state index is 13.5. The Kier molecular flexibility index (Phi) is 6.17. The first-order valence-corrected chi connectivity index (χ1v) is 7.96. The molecule has 0 saturated carbocycles. The number of aliphatic hydroxyl groups excluding tert-OH is 1. The molecule has 0 spiro atoms. The normalized spacial score (nSPS) is 17.5. The number of rotatable bonds is 5. The third-order valence-corrected chi connectivity index (χ3v) is 4.47. The summed E-state index contributed by atoms with van der Waals surface area (Å²) in [5.41, 5.74) is 0.574. The molecule has 0 unspecified atom stereocenters. The summed E-state index contributed by atoms with van der Waals surface area (Å²) in [4.78, 5) is 14.0. The summed E-state index contributed by atoms with van der Waals surface area (Å²) in [6.45, 7) is 3.66. The van der Waals surface area contributed by atoms with E-state index in [1.54, 1.807) is 6.07 Å². The Morgan fingerprint density at radius 2 is 2.18 bits per heavy atom. The summed E-state index contributed by atoms with van der Waals surface area (Å²) in [7, 11) is 0. The molecule has 2 N–H and O–H groups in total. The molecule has 1 atom stereocenters. The SMILES string of the molecule is CC1CCN(C(=O)CN[C@H](CO)c2ccc(Cl)c(F)c2)CC1. The zero-order valence-electron chi connectivity index (χ0n) is 12.7. The van der Waals surface area contributed by atoms with E-state index in [-0.39, 0.29) is 24.1 Å². The van der Waals surface area contributed by atoms with Crippen LogP contribution in [0.4, 0.5) is 4.39 Å². The molecular formula is C16H22ClFN2O2. The van der Waals surface area contributed by atoms with Crippen LogP contribution < -0.4 is 5.32 Å². The van der Waals surface area contributed by atoms with Crippen molar-refractivity contribution in [1.29, 1.82) is 0 Å². The van der Waals surface area contributed by atoms with E-state index < -0.39 is 11.9 Å². The Bertz CT molecular complexity index is 519. The number of piperidine rings is 1. The minimum Gasteiger partial charge on any atom is -0.394 e. The molecule has 1 fully saturated rings. The first-order valence-electron chi connectivity index (χ1n) is 7.58. The Balaban J connectivity index is 1.90. The number of hydrogen-bond acceptors (Lipinski definition) is 3. The Hall–Kier alpha value is -1.17. The maximum Gasteiger partial charge on any atom is 0.236 e. The molecule has 1 amide bonds. The molecule has 0 aliphatic carbocycles. The largest absolute Gasteiger partial charge is 0.394 e. The van der Waals surface area contributed by atoms with Gasteiger partial charge in [-0.25, -0.2) is 4.39 Å². The molecule has 1 aromatic carbocycles. The molecule has 122 valence electrons. The van der Waals surface area contributed by atoms with Crippen LogP contribution in [0.15, 0.2) is 18.2 Å². The van der Waals surface area contributed by atoms with Gasteiger partial charge in [-0.1, -0.05) is 24.6 Å². The van der Waals surface area contributed by atoms with Gasteiger partial charge < -0.3 is 10.0 Å². The van der Waals surface area contributed by atoms with E-state index in [1.165, 1.54) is 12.1 Å². The van der Waals surface area contributed by atoms with Gasteiger partial charge >= 0.3 is 0 Å². The second-order valence-electron chi connectivity index (χ2n) is 5.85. The second-order valence-corrected chi connectivity index (χ2v) is 6.26. The number of benzene rings is 1. The molecule has 22 heavy (non-hydrogen) atoms. The average molecular weight is 329 g/mol. The van der Waals surface area contributed by atoms with E-state index in [9.17, 15) is 14.3 Å². The lowest BCUT2D eigenvalue weighted by Gasteiger charge is -2.31. The number of nitrogens with one attached hydrogen (secondary N) is 1. The fourth-order valence-electron chi connectivity index (χ4n) is 2.60. The van der Waals surface area contributed by atoms with E-state index in [4.69, 9.17) is 11.6 Å².